The number of carbonyl (C=O) groups excluding carboxylic acids is 1. The smallest absolute Gasteiger partial charge is 0.305 e. The van der Waals surface area contributed by atoms with E-state index >= 15 is 0 Å². The molecule has 0 aromatic heterocycles. The summed E-state index contributed by atoms with van der Waals surface area (Å²) < 4.78 is 0.920. The molecular weight excluding hydrogens is 310 g/mol. The first-order valence-corrected chi connectivity index (χ1v) is 6.91. The van der Waals surface area contributed by atoms with E-state index in [0.717, 1.165) is 10.0 Å². The van der Waals surface area contributed by atoms with Crippen molar-refractivity contribution < 1.29 is 14.7 Å². The number of hydrogen-bond donors (Lipinski definition) is 1. The number of halogens is 1. The number of benzene rings is 1. The maximum atomic E-state index is 12.4. The highest BCUT2D eigenvalue weighted by molar-refractivity contribution is 9.10. The first-order chi connectivity index (χ1) is 8.82. The molecule has 0 atom stereocenters. The quantitative estimate of drug-likeness (QED) is 0.904. The van der Waals surface area contributed by atoms with Gasteiger partial charge in [0.05, 0.1) is 6.42 Å². The highest BCUT2D eigenvalue weighted by Crippen LogP contribution is 2.18. The van der Waals surface area contributed by atoms with E-state index < -0.39 is 5.97 Å². The molecule has 1 rings (SSSR count). The number of aliphatic carboxylic acids is 1. The Balaban J connectivity index is 2.95. The van der Waals surface area contributed by atoms with Gasteiger partial charge in [-0.05, 0) is 44.5 Å². The minimum Gasteiger partial charge on any atom is -0.481 e. The Morgan fingerprint density at radius 1 is 1.37 bits per heavy atom. The van der Waals surface area contributed by atoms with E-state index in [2.05, 4.69) is 15.9 Å². The molecule has 19 heavy (non-hydrogen) atoms. The molecule has 0 saturated heterocycles. The van der Waals surface area contributed by atoms with Crippen molar-refractivity contribution in [1.29, 1.82) is 0 Å². The summed E-state index contributed by atoms with van der Waals surface area (Å²) in [7, 11) is 0. The van der Waals surface area contributed by atoms with E-state index in [1.807, 2.05) is 32.9 Å². The zero-order valence-electron chi connectivity index (χ0n) is 11.3. The van der Waals surface area contributed by atoms with E-state index in [0.29, 0.717) is 5.56 Å². The molecule has 5 heteroatoms. The summed E-state index contributed by atoms with van der Waals surface area (Å²) in [5.41, 5.74) is 1.49. The van der Waals surface area contributed by atoms with Crippen LogP contribution >= 0.6 is 15.9 Å². The lowest BCUT2D eigenvalue weighted by molar-refractivity contribution is -0.137. The molecule has 0 aliphatic heterocycles. The monoisotopic (exact) mass is 327 g/mol. The number of nitrogens with zero attached hydrogens (tertiary/aromatic N) is 1. The van der Waals surface area contributed by atoms with Crippen molar-refractivity contribution in [2.45, 2.75) is 33.2 Å². The van der Waals surface area contributed by atoms with Crippen molar-refractivity contribution in [2.75, 3.05) is 6.54 Å². The lowest BCUT2D eigenvalue weighted by atomic mass is 10.1. The minimum absolute atomic E-state index is 0.0325. The third kappa shape index (κ3) is 4.35. The topological polar surface area (TPSA) is 57.6 Å². The summed E-state index contributed by atoms with van der Waals surface area (Å²) in [5.74, 6) is -1.02. The van der Waals surface area contributed by atoms with Crippen LogP contribution in [0.5, 0.6) is 0 Å². The van der Waals surface area contributed by atoms with Gasteiger partial charge in [0, 0.05) is 22.6 Å². The van der Waals surface area contributed by atoms with E-state index in [1.165, 1.54) is 0 Å². The van der Waals surface area contributed by atoms with Gasteiger partial charge in [-0.3, -0.25) is 9.59 Å². The standard InChI is InChI=1S/C14H18BrNO3/c1-9(2)16(7-6-13(17)18)14(19)12-5-4-11(15)8-10(12)3/h4-5,8-9H,6-7H2,1-3H3,(H,17,18). The Kier molecular flexibility index (Phi) is 5.54. The number of carboxylic acid groups (broad SMARTS) is 1. The highest BCUT2D eigenvalue weighted by atomic mass is 79.9. The van der Waals surface area contributed by atoms with Crippen LogP contribution in [0.1, 0.15) is 36.2 Å². The minimum atomic E-state index is -0.897. The molecule has 1 aromatic carbocycles. The molecule has 0 aliphatic rings. The molecule has 1 amide bonds. The highest BCUT2D eigenvalue weighted by Gasteiger charge is 2.20. The maximum absolute atomic E-state index is 12.4. The van der Waals surface area contributed by atoms with Crippen molar-refractivity contribution in [3.63, 3.8) is 0 Å². The summed E-state index contributed by atoms with van der Waals surface area (Å²) >= 11 is 3.36. The van der Waals surface area contributed by atoms with Crippen LogP contribution in [0.15, 0.2) is 22.7 Å². The van der Waals surface area contributed by atoms with Gasteiger partial charge in [0.1, 0.15) is 0 Å². The van der Waals surface area contributed by atoms with Gasteiger partial charge in [0.15, 0.2) is 0 Å². The van der Waals surface area contributed by atoms with Crippen molar-refractivity contribution in [3.05, 3.63) is 33.8 Å². The molecule has 0 fully saturated rings. The molecule has 1 N–H and O–H groups in total. The zero-order valence-corrected chi connectivity index (χ0v) is 12.9. The van der Waals surface area contributed by atoms with Gasteiger partial charge in [0.25, 0.3) is 5.91 Å². The Morgan fingerprint density at radius 3 is 2.47 bits per heavy atom. The van der Waals surface area contributed by atoms with Crippen LogP contribution in [-0.2, 0) is 4.79 Å². The first-order valence-electron chi connectivity index (χ1n) is 6.12. The lowest BCUT2D eigenvalue weighted by Crippen LogP contribution is -2.38. The zero-order chi connectivity index (χ0) is 14.6. The van der Waals surface area contributed by atoms with Crippen LogP contribution in [0.25, 0.3) is 0 Å². The number of carbonyl (C=O) groups is 2. The predicted octanol–water partition coefficient (Wildman–Crippen LogP) is 3.08. The van der Waals surface area contributed by atoms with Crippen LogP contribution in [-0.4, -0.2) is 34.5 Å². The molecule has 1 aromatic rings. The fourth-order valence-corrected chi connectivity index (χ4v) is 2.31. The van der Waals surface area contributed by atoms with Crippen LogP contribution in [0.4, 0.5) is 0 Å². The fourth-order valence-electron chi connectivity index (χ4n) is 1.83. The Hall–Kier alpha value is -1.36. The van der Waals surface area contributed by atoms with E-state index in [4.69, 9.17) is 5.11 Å². The third-order valence-corrected chi connectivity index (χ3v) is 3.36. The van der Waals surface area contributed by atoms with Gasteiger partial charge in [-0.1, -0.05) is 15.9 Å². The molecule has 0 saturated carbocycles. The van der Waals surface area contributed by atoms with Crippen molar-refractivity contribution in [2.24, 2.45) is 0 Å². The van der Waals surface area contributed by atoms with Crippen LogP contribution in [0, 0.1) is 6.92 Å². The molecule has 0 unspecified atom stereocenters. The van der Waals surface area contributed by atoms with Crippen LogP contribution in [0.2, 0.25) is 0 Å². The maximum Gasteiger partial charge on any atom is 0.305 e. The molecular formula is C14H18BrNO3. The van der Waals surface area contributed by atoms with Gasteiger partial charge in [-0.15, -0.1) is 0 Å². The summed E-state index contributed by atoms with van der Waals surface area (Å²) in [5, 5.41) is 8.74. The normalized spacial score (nSPS) is 10.6. The molecule has 0 aliphatic carbocycles. The second-order valence-electron chi connectivity index (χ2n) is 4.70. The average Bonchev–Trinajstić information content (AvgIpc) is 2.27. The SMILES string of the molecule is Cc1cc(Br)ccc1C(=O)N(CCC(=O)O)C(C)C. The molecule has 0 bridgehead atoms. The number of carboxylic acids is 1. The van der Waals surface area contributed by atoms with Crippen molar-refractivity contribution in [1.82, 2.24) is 4.90 Å². The number of aryl methyl sites for hydroxylation is 1. The van der Waals surface area contributed by atoms with Crippen molar-refractivity contribution in [3.8, 4) is 0 Å². The number of amides is 1. The predicted molar refractivity (Wildman–Crippen MR) is 77.3 cm³/mol. The van der Waals surface area contributed by atoms with Gasteiger partial charge in [-0.2, -0.15) is 0 Å². The van der Waals surface area contributed by atoms with Crippen LogP contribution in [0.3, 0.4) is 0 Å². The van der Waals surface area contributed by atoms with Crippen molar-refractivity contribution >= 4 is 27.8 Å². The Morgan fingerprint density at radius 2 is 2.00 bits per heavy atom. The first kappa shape index (κ1) is 15.7. The molecule has 0 spiro atoms. The second-order valence-corrected chi connectivity index (χ2v) is 5.61. The van der Waals surface area contributed by atoms with E-state index in [-0.39, 0.29) is 24.9 Å². The molecule has 0 radical (unpaired) electrons. The number of hydrogen-bond acceptors (Lipinski definition) is 2. The Bertz CT molecular complexity index is 486. The van der Waals surface area contributed by atoms with Gasteiger partial charge in [0.2, 0.25) is 0 Å². The summed E-state index contributed by atoms with van der Waals surface area (Å²) in [6, 6.07) is 5.42. The largest absolute Gasteiger partial charge is 0.481 e. The Labute approximate surface area is 121 Å². The molecule has 0 heterocycles. The summed E-state index contributed by atoms with van der Waals surface area (Å²) in [6.07, 6.45) is -0.0422. The van der Waals surface area contributed by atoms with Gasteiger partial charge in [-0.25, -0.2) is 0 Å². The summed E-state index contributed by atoms with van der Waals surface area (Å²) in [6.45, 7) is 5.86. The average molecular weight is 328 g/mol. The van der Waals surface area contributed by atoms with Crippen LogP contribution < -0.4 is 0 Å². The van der Waals surface area contributed by atoms with Gasteiger partial charge < -0.3 is 10.0 Å². The molecule has 4 nitrogen and oxygen atoms in total. The van der Waals surface area contributed by atoms with E-state index in [9.17, 15) is 9.59 Å². The second kappa shape index (κ2) is 6.70. The fraction of sp³-hybridized carbons (Fsp3) is 0.429. The molecule has 104 valence electrons. The third-order valence-electron chi connectivity index (χ3n) is 2.87. The summed E-state index contributed by atoms with van der Waals surface area (Å²) in [4.78, 5) is 24.7. The lowest BCUT2D eigenvalue weighted by Gasteiger charge is -2.27. The van der Waals surface area contributed by atoms with E-state index in [1.54, 1.807) is 11.0 Å². The number of rotatable bonds is 5. The van der Waals surface area contributed by atoms with Gasteiger partial charge >= 0.3 is 5.97 Å².